The second-order valence-corrected chi connectivity index (χ2v) is 8.73. The zero-order chi connectivity index (χ0) is 22.7. The van der Waals surface area contributed by atoms with Gasteiger partial charge in [0.1, 0.15) is 5.82 Å². The normalized spacial score (nSPS) is 14.0. The first-order valence-electron chi connectivity index (χ1n) is 10.0. The van der Waals surface area contributed by atoms with Gasteiger partial charge in [-0.15, -0.1) is 5.10 Å². The van der Waals surface area contributed by atoms with E-state index in [9.17, 15) is 14.0 Å². The largest absolute Gasteiger partial charge is 0.366 e. The monoisotopic (exact) mass is 473 g/mol. The molecule has 1 aliphatic rings. The molecule has 0 unspecified atom stereocenters. The molecule has 1 fully saturated rings. The highest BCUT2D eigenvalue weighted by Gasteiger charge is 2.23. The van der Waals surface area contributed by atoms with Crippen LogP contribution >= 0.6 is 23.4 Å². The summed E-state index contributed by atoms with van der Waals surface area (Å²) in [4.78, 5) is 32.1. The maximum Gasteiger partial charge on any atom is 0.233 e. The molecule has 1 saturated heterocycles. The van der Waals surface area contributed by atoms with Gasteiger partial charge in [-0.3, -0.25) is 14.7 Å². The number of anilines is 1. The van der Waals surface area contributed by atoms with Gasteiger partial charge in [0.15, 0.2) is 11.6 Å². The van der Waals surface area contributed by atoms with Crippen molar-refractivity contribution in [1.29, 1.82) is 0 Å². The quantitative estimate of drug-likeness (QED) is 0.432. The number of hydrogen-bond donors (Lipinski definition) is 1. The Hall–Kier alpha value is -2.91. The minimum Gasteiger partial charge on any atom is -0.366 e. The van der Waals surface area contributed by atoms with Crippen LogP contribution in [0, 0.1) is 5.82 Å². The van der Waals surface area contributed by atoms with Gasteiger partial charge in [-0.05, 0) is 49.4 Å². The van der Waals surface area contributed by atoms with E-state index in [0.29, 0.717) is 53.4 Å². The first-order chi connectivity index (χ1) is 15.4. The third-order valence-corrected chi connectivity index (χ3v) is 6.32. The average Bonchev–Trinajstić information content (AvgIpc) is 3.27. The zero-order valence-electron chi connectivity index (χ0n) is 17.3. The number of nitrogens with one attached hydrogen (secondary N) is 1. The second-order valence-electron chi connectivity index (χ2n) is 7.35. The fraction of sp³-hybridized carbons (Fsp3) is 0.273. The Balaban J connectivity index is 1.29. The zero-order valence-corrected chi connectivity index (χ0v) is 18.9. The summed E-state index contributed by atoms with van der Waals surface area (Å²) in [6.45, 7) is 3.45. The number of rotatable bonds is 6. The minimum absolute atomic E-state index is 0.0140. The number of Topliss-reactive ketones (excluding diaryl/α,β-unsaturated/α-hetero) is 1. The molecule has 0 spiro atoms. The van der Waals surface area contributed by atoms with Crippen molar-refractivity contribution < 1.29 is 14.0 Å². The van der Waals surface area contributed by atoms with Gasteiger partial charge in [0.25, 0.3) is 0 Å². The number of amides is 1. The van der Waals surface area contributed by atoms with Crippen molar-refractivity contribution in [3.8, 4) is 11.4 Å². The molecule has 2 heterocycles. The summed E-state index contributed by atoms with van der Waals surface area (Å²) in [5.74, 6) is 0.228. The van der Waals surface area contributed by atoms with Gasteiger partial charge < -0.3 is 9.80 Å². The maximum absolute atomic E-state index is 14.4. The lowest BCUT2D eigenvalue weighted by Crippen LogP contribution is -2.49. The molecule has 0 aliphatic carbocycles. The van der Waals surface area contributed by atoms with Crippen molar-refractivity contribution in [2.45, 2.75) is 12.1 Å². The molecule has 10 heteroatoms. The molecule has 4 rings (SSSR count). The number of hydrogen-bond acceptors (Lipinski definition) is 6. The number of carbonyl (C=O) groups is 2. The summed E-state index contributed by atoms with van der Waals surface area (Å²) in [6.07, 6.45) is 0. The number of carbonyl (C=O) groups excluding carboxylic acids is 2. The number of nitrogens with zero attached hydrogens (tertiary/aromatic N) is 4. The van der Waals surface area contributed by atoms with E-state index < -0.39 is 5.82 Å². The Bertz CT molecular complexity index is 1130. The molecular formula is C22H21ClFN5O2S. The fourth-order valence-electron chi connectivity index (χ4n) is 3.44. The van der Waals surface area contributed by atoms with Crippen molar-refractivity contribution in [3.05, 3.63) is 58.9 Å². The summed E-state index contributed by atoms with van der Waals surface area (Å²) in [6, 6.07) is 11.8. The molecule has 0 bridgehead atoms. The maximum atomic E-state index is 14.4. The van der Waals surface area contributed by atoms with Crippen LogP contribution in [0.15, 0.2) is 47.6 Å². The molecule has 0 saturated carbocycles. The number of aromatic amines is 1. The first kappa shape index (κ1) is 22.3. The van der Waals surface area contributed by atoms with Gasteiger partial charge in [0.05, 0.1) is 11.4 Å². The van der Waals surface area contributed by atoms with Crippen molar-refractivity contribution in [2.24, 2.45) is 0 Å². The van der Waals surface area contributed by atoms with Gasteiger partial charge in [-0.1, -0.05) is 23.4 Å². The van der Waals surface area contributed by atoms with Crippen LogP contribution in [-0.2, 0) is 4.79 Å². The van der Waals surface area contributed by atoms with E-state index in [1.165, 1.54) is 24.8 Å². The number of piperazine rings is 1. The summed E-state index contributed by atoms with van der Waals surface area (Å²) in [5.41, 5.74) is 1.66. The smallest absolute Gasteiger partial charge is 0.233 e. The standard InChI is InChI=1S/C22H21ClFN5O2S/c1-14(30)16-4-7-19(18(24)12-16)28-8-10-29(11-9-28)20(31)13-32-22-25-21(26-27-22)15-2-5-17(23)6-3-15/h2-7,12H,8-11,13H2,1H3,(H,25,26,27). The molecule has 1 amide bonds. The van der Waals surface area contributed by atoms with E-state index >= 15 is 0 Å². The summed E-state index contributed by atoms with van der Waals surface area (Å²) < 4.78 is 14.4. The van der Waals surface area contributed by atoms with Crippen LogP contribution in [-0.4, -0.2) is 63.7 Å². The van der Waals surface area contributed by atoms with Gasteiger partial charge in [-0.25, -0.2) is 9.37 Å². The van der Waals surface area contributed by atoms with Crippen LogP contribution < -0.4 is 4.90 Å². The predicted octanol–water partition coefficient (Wildman–Crippen LogP) is 3.91. The summed E-state index contributed by atoms with van der Waals surface area (Å²) in [5, 5.41) is 8.17. The van der Waals surface area contributed by atoms with Crippen molar-refractivity contribution >= 4 is 40.7 Å². The van der Waals surface area contributed by atoms with Crippen LogP contribution in [0.2, 0.25) is 5.02 Å². The topological polar surface area (TPSA) is 82.2 Å². The molecule has 2 aromatic carbocycles. The Morgan fingerprint density at radius 3 is 2.50 bits per heavy atom. The van der Waals surface area contributed by atoms with Crippen LogP contribution in [0.3, 0.4) is 0 Å². The lowest BCUT2D eigenvalue weighted by molar-refractivity contribution is -0.128. The van der Waals surface area contributed by atoms with Gasteiger partial charge in [0, 0.05) is 42.3 Å². The SMILES string of the molecule is CC(=O)c1ccc(N2CCN(C(=O)CSc3n[nH]c(-c4ccc(Cl)cc4)n3)CC2)c(F)c1. The predicted molar refractivity (Wildman–Crippen MR) is 123 cm³/mol. The molecular weight excluding hydrogens is 453 g/mol. The lowest BCUT2D eigenvalue weighted by Gasteiger charge is -2.36. The average molecular weight is 474 g/mol. The van der Waals surface area contributed by atoms with Gasteiger partial charge in [0.2, 0.25) is 11.1 Å². The molecule has 7 nitrogen and oxygen atoms in total. The minimum atomic E-state index is -0.422. The Morgan fingerprint density at radius 2 is 1.84 bits per heavy atom. The van der Waals surface area contributed by atoms with E-state index in [4.69, 9.17) is 11.6 Å². The molecule has 166 valence electrons. The summed E-state index contributed by atoms with van der Waals surface area (Å²) in [7, 11) is 0. The first-order valence-corrected chi connectivity index (χ1v) is 11.4. The highest BCUT2D eigenvalue weighted by atomic mass is 35.5. The number of halogens is 2. The highest BCUT2D eigenvalue weighted by molar-refractivity contribution is 7.99. The highest BCUT2D eigenvalue weighted by Crippen LogP contribution is 2.24. The number of H-pyrrole nitrogens is 1. The Kier molecular flexibility index (Phi) is 6.76. The molecule has 1 aliphatic heterocycles. The number of aromatic nitrogens is 3. The van der Waals surface area contributed by atoms with Gasteiger partial charge in [-0.2, -0.15) is 0 Å². The number of ketones is 1. The summed E-state index contributed by atoms with van der Waals surface area (Å²) >= 11 is 7.17. The van der Waals surface area contributed by atoms with Crippen LogP contribution in [0.1, 0.15) is 17.3 Å². The van der Waals surface area contributed by atoms with Crippen molar-refractivity contribution in [3.63, 3.8) is 0 Å². The molecule has 32 heavy (non-hydrogen) atoms. The molecule has 1 N–H and O–H groups in total. The second kappa shape index (κ2) is 9.70. The Labute approximate surface area is 194 Å². The van der Waals surface area contributed by atoms with Gasteiger partial charge >= 0.3 is 0 Å². The van der Waals surface area contributed by atoms with E-state index in [1.54, 1.807) is 29.2 Å². The number of thioether (sulfide) groups is 1. The third-order valence-electron chi connectivity index (χ3n) is 5.23. The molecule has 1 aromatic heterocycles. The molecule has 0 radical (unpaired) electrons. The molecule has 0 atom stereocenters. The van der Waals surface area contributed by atoms with E-state index in [2.05, 4.69) is 15.2 Å². The third kappa shape index (κ3) is 5.11. The van der Waals surface area contributed by atoms with E-state index in [-0.39, 0.29) is 17.4 Å². The van der Waals surface area contributed by atoms with Crippen LogP contribution in [0.4, 0.5) is 10.1 Å². The Morgan fingerprint density at radius 1 is 1.12 bits per heavy atom. The fourth-order valence-corrected chi connectivity index (χ4v) is 4.27. The van der Waals surface area contributed by atoms with Crippen LogP contribution in [0.5, 0.6) is 0 Å². The molecule has 3 aromatic rings. The number of benzene rings is 2. The van der Waals surface area contributed by atoms with Crippen molar-refractivity contribution in [1.82, 2.24) is 20.1 Å². The van der Waals surface area contributed by atoms with Crippen LogP contribution in [0.25, 0.3) is 11.4 Å². The van der Waals surface area contributed by atoms with E-state index in [0.717, 1.165) is 5.56 Å². The van der Waals surface area contributed by atoms with Crippen molar-refractivity contribution in [2.75, 3.05) is 36.8 Å². The van der Waals surface area contributed by atoms with E-state index in [1.807, 2.05) is 17.0 Å². The lowest BCUT2D eigenvalue weighted by atomic mass is 10.1.